The van der Waals surface area contributed by atoms with E-state index in [2.05, 4.69) is 0 Å². The Bertz CT molecular complexity index is 1040. The topological polar surface area (TPSA) is 38.8 Å². The lowest BCUT2D eigenvalue weighted by Crippen LogP contribution is -2.46. The Morgan fingerprint density at radius 1 is 0.946 bits per heavy atom. The second-order valence-electron chi connectivity index (χ2n) is 10.1. The maximum Gasteiger partial charge on any atom is 0.416 e. The van der Waals surface area contributed by atoms with E-state index in [4.69, 9.17) is 9.47 Å². The average Bonchev–Trinajstić information content (AvgIpc) is 2.77. The molecule has 1 saturated heterocycles. The molecule has 204 valence electrons. The summed E-state index contributed by atoms with van der Waals surface area (Å²) in [7, 11) is 0. The summed E-state index contributed by atoms with van der Waals surface area (Å²) in [5.74, 6) is -0.959. The standard InChI is InChI=1S/C26H28F7NO3/c1-24(2,3)37-23(35)34-9-8-22(17-4-6-21(27)7-5-17)18(13-34)15-36-14-16-10-19(25(28,29)30)12-20(11-16)26(31,32)33/h4-7,10-12,18,22H,8-9,13-15H2,1-3H3/t18-,22-/m0/s1. The molecule has 2 aromatic rings. The van der Waals surface area contributed by atoms with Gasteiger partial charge in [0, 0.05) is 19.0 Å². The van der Waals surface area contributed by atoms with Gasteiger partial charge in [-0.15, -0.1) is 0 Å². The first-order valence-electron chi connectivity index (χ1n) is 11.6. The van der Waals surface area contributed by atoms with Crippen molar-refractivity contribution < 1.29 is 45.0 Å². The highest BCUT2D eigenvalue weighted by atomic mass is 19.4. The van der Waals surface area contributed by atoms with Crippen LogP contribution in [0.3, 0.4) is 0 Å². The largest absolute Gasteiger partial charge is 0.444 e. The lowest BCUT2D eigenvalue weighted by atomic mass is 9.81. The lowest BCUT2D eigenvalue weighted by molar-refractivity contribution is -0.143. The van der Waals surface area contributed by atoms with E-state index in [0.29, 0.717) is 25.1 Å². The van der Waals surface area contributed by atoms with E-state index in [9.17, 15) is 35.5 Å². The molecule has 1 amide bonds. The van der Waals surface area contributed by atoms with Gasteiger partial charge in [-0.05, 0) is 74.6 Å². The van der Waals surface area contributed by atoms with Crippen LogP contribution >= 0.6 is 0 Å². The highest BCUT2D eigenvalue weighted by Crippen LogP contribution is 2.37. The van der Waals surface area contributed by atoms with Crippen LogP contribution in [-0.2, 0) is 28.4 Å². The zero-order valence-electron chi connectivity index (χ0n) is 20.5. The van der Waals surface area contributed by atoms with E-state index in [0.717, 1.165) is 5.56 Å². The number of nitrogens with zero attached hydrogens (tertiary/aromatic N) is 1. The highest BCUT2D eigenvalue weighted by Gasteiger charge is 2.37. The number of benzene rings is 2. The fourth-order valence-corrected chi connectivity index (χ4v) is 4.27. The minimum Gasteiger partial charge on any atom is -0.444 e. The molecule has 0 radical (unpaired) electrons. The number of likely N-dealkylation sites (tertiary alicyclic amines) is 1. The maximum absolute atomic E-state index is 13.4. The summed E-state index contributed by atoms with van der Waals surface area (Å²) in [5.41, 5.74) is -3.05. The Kier molecular flexibility index (Phi) is 8.46. The van der Waals surface area contributed by atoms with Crippen LogP contribution in [0.15, 0.2) is 42.5 Å². The Morgan fingerprint density at radius 3 is 2.03 bits per heavy atom. The number of amides is 1. The van der Waals surface area contributed by atoms with Gasteiger partial charge in [-0.25, -0.2) is 9.18 Å². The summed E-state index contributed by atoms with van der Waals surface area (Å²) in [6.07, 6.45) is -9.97. The monoisotopic (exact) mass is 535 g/mol. The number of ether oxygens (including phenoxy) is 2. The van der Waals surface area contributed by atoms with E-state index >= 15 is 0 Å². The molecule has 0 spiro atoms. The SMILES string of the molecule is CC(C)(C)OC(=O)N1CC[C@@H](c2ccc(F)cc2)[C@H](COCc2cc(C(F)(F)F)cc(C(F)(F)F)c2)C1. The second kappa shape index (κ2) is 10.9. The molecule has 0 unspecified atom stereocenters. The van der Waals surface area contributed by atoms with Crippen molar-refractivity contribution in [3.63, 3.8) is 0 Å². The molecule has 37 heavy (non-hydrogen) atoms. The van der Waals surface area contributed by atoms with Crippen molar-refractivity contribution in [3.05, 3.63) is 70.5 Å². The number of rotatable bonds is 5. The molecule has 1 heterocycles. The predicted molar refractivity (Wildman–Crippen MR) is 121 cm³/mol. The van der Waals surface area contributed by atoms with Crippen LogP contribution in [0.4, 0.5) is 35.5 Å². The highest BCUT2D eigenvalue weighted by molar-refractivity contribution is 5.68. The maximum atomic E-state index is 13.4. The van der Waals surface area contributed by atoms with E-state index in [1.54, 1.807) is 32.9 Å². The second-order valence-corrected chi connectivity index (χ2v) is 10.1. The van der Waals surface area contributed by atoms with Gasteiger partial charge < -0.3 is 14.4 Å². The van der Waals surface area contributed by atoms with Gasteiger partial charge in [-0.2, -0.15) is 26.3 Å². The molecule has 0 saturated carbocycles. The molecule has 1 aliphatic rings. The normalized spacial score (nSPS) is 19.1. The molecule has 0 bridgehead atoms. The fourth-order valence-electron chi connectivity index (χ4n) is 4.27. The summed E-state index contributed by atoms with van der Waals surface area (Å²) >= 11 is 0. The van der Waals surface area contributed by atoms with Gasteiger partial charge >= 0.3 is 18.4 Å². The number of piperidine rings is 1. The van der Waals surface area contributed by atoms with Crippen molar-refractivity contribution >= 4 is 6.09 Å². The third kappa shape index (κ3) is 8.08. The van der Waals surface area contributed by atoms with Crippen LogP contribution in [0.25, 0.3) is 0 Å². The molecule has 0 aliphatic carbocycles. The first-order chi connectivity index (χ1) is 17.0. The number of carbonyl (C=O) groups is 1. The molecular formula is C26H28F7NO3. The summed E-state index contributed by atoms with van der Waals surface area (Å²) in [4.78, 5) is 14.1. The number of alkyl halides is 6. The molecule has 0 N–H and O–H groups in total. The van der Waals surface area contributed by atoms with Gasteiger partial charge in [0.2, 0.25) is 0 Å². The molecule has 2 aromatic carbocycles. The Morgan fingerprint density at radius 2 is 1.51 bits per heavy atom. The summed E-state index contributed by atoms with van der Waals surface area (Å²) < 4.78 is 103. The number of hydrogen-bond acceptors (Lipinski definition) is 3. The number of carbonyl (C=O) groups excluding carboxylic acids is 1. The van der Waals surface area contributed by atoms with Crippen LogP contribution < -0.4 is 0 Å². The van der Waals surface area contributed by atoms with Gasteiger partial charge in [0.15, 0.2) is 0 Å². The predicted octanol–water partition coefficient (Wildman–Crippen LogP) is 7.42. The third-order valence-electron chi connectivity index (χ3n) is 5.93. The molecule has 2 atom stereocenters. The van der Waals surface area contributed by atoms with E-state index in [-0.39, 0.29) is 36.6 Å². The summed E-state index contributed by atoms with van der Waals surface area (Å²) in [6.45, 7) is 5.16. The van der Waals surface area contributed by atoms with Gasteiger partial charge in [-0.3, -0.25) is 0 Å². The first kappa shape index (κ1) is 28.7. The fraction of sp³-hybridized carbons (Fsp3) is 0.500. The van der Waals surface area contributed by atoms with Crippen LogP contribution in [0, 0.1) is 11.7 Å². The molecule has 3 rings (SSSR count). The van der Waals surface area contributed by atoms with Crippen molar-refractivity contribution in [3.8, 4) is 0 Å². The van der Waals surface area contributed by atoms with Crippen molar-refractivity contribution in [2.24, 2.45) is 5.92 Å². The molecule has 0 aromatic heterocycles. The Balaban J connectivity index is 1.78. The van der Waals surface area contributed by atoms with Crippen molar-refractivity contribution in [1.29, 1.82) is 0 Å². The van der Waals surface area contributed by atoms with Crippen molar-refractivity contribution in [1.82, 2.24) is 4.90 Å². The van der Waals surface area contributed by atoms with Gasteiger partial charge in [-0.1, -0.05) is 12.1 Å². The van der Waals surface area contributed by atoms with Crippen LogP contribution in [0.5, 0.6) is 0 Å². The molecule has 11 heteroatoms. The first-order valence-corrected chi connectivity index (χ1v) is 11.6. The number of hydrogen-bond donors (Lipinski definition) is 0. The van der Waals surface area contributed by atoms with E-state index in [1.807, 2.05) is 0 Å². The van der Waals surface area contributed by atoms with Crippen molar-refractivity contribution in [2.75, 3.05) is 19.7 Å². The number of halogens is 7. The molecule has 1 aliphatic heterocycles. The van der Waals surface area contributed by atoms with E-state index < -0.39 is 47.6 Å². The summed E-state index contributed by atoms with van der Waals surface area (Å²) in [5, 5.41) is 0. The van der Waals surface area contributed by atoms with Crippen molar-refractivity contribution in [2.45, 2.75) is 57.7 Å². The average molecular weight is 536 g/mol. The minimum absolute atomic E-state index is 0.0566. The van der Waals surface area contributed by atoms with Gasteiger partial charge in [0.25, 0.3) is 0 Å². The Labute approximate surface area is 210 Å². The Hall–Kier alpha value is -2.82. The lowest BCUT2D eigenvalue weighted by Gasteiger charge is -2.39. The van der Waals surface area contributed by atoms with E-state index in [1.165, 1.54) is 17.0 Å². The van der Waals surface area contributed by atoms with Crippen LogP contribution in [0.1, 0.15) is 55.4 Å². The van der Waals surface area contributed by atoms with Gasteiger partial charge in [0.1, 0.15) is 11.4 Å². The zero-order chi connectivity index (χ0) is 27.6. The van der Waals surface area contributed by atoms with Gasteiger partial charge in [0.05, 0.1) is 24.3 Å². The molecule has 1 fully saturated rings. The quantitative estimate of drug-likeness (QED) is 0.374. The van der Waals surface area contributed by atoms with Crippen LogP contribution in [0.2, 0.25) is 0 Å². The smallest absolute Gasteiger partial charge is 0.416 e. The zero-order valence-corrected chi connectivity index (χ0v) is 20.5. The minimum atomic E-state index is -4.96. The van der Waals surface area contributed by atoms with Crippen LogP contribution in [-0.4, -0.2) is 36.3 Å². The third-order valence-corrected chi connectivity index (χ3v) is 5.93. The molecule has 4 nitrogen and oxygen atoms in total. The molecular weight excluding hydrogens is 507 g/mol. The summed E-state index contributed by atoms with van der Waals surface area (Å²) in [6, 6.07) is 7.13.